The minimum atomic E-state index is -0.420. The van der Waals surface area contributed by atoms with E-state index in [0.717, 1.165) is 19.4 Å². The molecule has 1 rings (SSSR count). The first kappa shape index (κ1) is 15.5. The summed E-state index contributed by atoms with van der Waals surface area (Å²) in [5.74, 6) is 0. The molecule has 1 fully saturated rings. The van der Waals surface area contributed by atoms with Gasteiger partial charge in [-0.15, -0.1) is 12.4 Å². The minimum Gasteiger partial charge on any atom is -0.444 e. The van der Waals surface area contributed by atoms with Gasteiger partial charge in [0.25, 0.3) is 0 Å². The SMILES string of the molecule is CC(C)(C)OC(=O)N1CCC1(C)CCN.Cl. The van der Waals surface area contributed by atoms with Gasteiger partial charge in [0.1, 0.15) is 5.60 Å². The van der Waals surface area contributed by atoms with Gasteiger partial charge >= 0.3 is 6.09 Å². The Morgan fingerprint density at radius 2 is 2.06 bits per heavy atom. The van der Waals surface area contributed by atoms with Crippen molar-refractivity contribution < 1.29 is 9.53 Å². The highest BCUT2D eigenvalue weighted by atomic mass is 35.5. The number of halogens is 1. The van der Waals surface area contributed by atoms with Crippen LogP contribution in [-0.2, 0) is 4.74 Å². The molecule has 16 heavy (non-hydrogen) atoms. The van der Waals surface area contributed by atoms with Crippen LogP contribution in [0, 0.1) is 0 Å². The monoisotopic (exact) mass is 250 g/mol. The molecule has 0 spiro atoms. The van der Waals surface area contributed by atoms with Crippen molar-refractivity contribution >= 4 is 18.5 Å². The van der Waals surface area contributed by atoms with Crippen LogP contribution in [0.15, 0.2) is 0 Å². The Kier molecular flexibility index (Phi) is 5.08. The molecule has 0 bridgehead atoms. The van der Waals surface area contributed by atoms with Crippen LogP contribution < -0.4 is 5.73 Å². The molecule has 1 unspecified atom stereocenters. The highest BCUT2D eigenvalue weighted by Gasteiger charge is 2.44. The molecule has 0 aromatic heterocycles. The lowest BCUT2D eigenvalue weighted by atomic mass is 9.84. The van der Waals surface area contributed by atoms with Gasteiger partial charge in [0.2, 0.25) is 0 Å². The fraction of sp³-hybridized carbons (Fsp3) is 0.909. The lowest BCUT2D eigenvalue weighted by Gasteiger charge is -2.50. The third-order valence-electron chi connectivity index (χ3n) is 2.82. The van der Waals surface area contributed by atoms with E-state index < -0.39 is 5.60 Å². The van der Waals surface area contributed by atoms with Crippen molar-refractivity contribution in [1.82, 2.24) is 4.90 Å². The van der Waals surface area contributed by atoms with Crippen LogP contribution in [0.5, 0.6) is 0 Å². The number of nitrogens with zero attached hydrogens (tertiary/aromatic N) is 1. The lowest BCUT2D eigenvalue weighted by molar-refractivity contribution is -0.0395. The number of hydrogen-bond donors (Lipinski definition) is 1. The molecule has 1 saturated heterocycles. The van der Waals surface area contributed by atoms with Crippen molar-refractivity contribution in [3.63, 3.8) is 0 Å². The molecule has 1 heterocycles. The van der Waals surface area contributed by atoms with Gasteiger partial charge in [0, 0.05) is 12.1 Å². The number of likely N-dealkylation sites (tertiary alicyclic amines) is 1. The van der Waals surface area contributed by atoms with E-state index in [4.69, 9.17) is 10.5 Å². The maximum Gasteiger partial charge on any atom is 0.410 e. The molecule has 5 heteroatoms. The molecule has 0 saturated carbocycles. The van der Waals surface area contributed by atoms with Gasteiger partial charge in [-0.05, 0) is 47.1 Å². The summed E-state index contributed by atoms with van der Waals surface area (Å²) in [5, 5.41) is 0. The van der Waals surface area contributed by atoms with Gasteiger partial charge in [-0.1, -0.05) is 0 Å². The third-order valence-corrected chi connectivity index (χ3v) is 2.82. The molecule has 1 amide bonds. The predicted octanol–water partition coefficient (Wildman–Crippen LogP) is 2.16. The van der Waals surface area contributed by atoms with Crippen molar-refractivity contribution in [2.75, 3.05) is 13.1 Å². The highest BCUT2D eigenvalue weighted by molar-refractivity contribution is 5.85. The Hall–Kier alpha value is -0.480. The molecule has 0 aromatic rings. The summed E-state index contributed by atoms with van der Waals surface area (Å²) in [7, 11) is 0. The summed E-state index contributed by atoms with van der Waals surface area (Å²) in [4.78, 5) is 13.6. The van der Waals surface area contributed by atoms with E-state index in [2.05, 4.69) is 6.92 Å². The van der Waals surface area contributed by atoms with E-state index in [0.29, 0.717) is 6.54 Å². The molecule has 2 N–H and O–H groups in total. The number of ether oxygens (including phenoxy) is 1. The average Bonchev–Trinajstić information content (AvgIpc) is 1.99. The van der Waals surface area contributed by atoms with Crippen LogP contribution in [0.3, 0.4) is 0 Å². The summed E-state index contributed by atoms with van der Waals surface area (Å²) in [6.07, 6.45) is 1.64. The predicted molar refractivity (Wildman–Crippen MR) is 66.9 cm³/mol. The molecule has 0 aliphatic carbocycles. The van der Waals surface area contributed by atoms with Crippen molar-refractivity contribution in [3.8, 4) is 0 Å². The van der Waals surface area contributed by atoms with Gasteiger partial charge < -0.3 is 15.4 Å². The van der Waals surface area contributed by atoms with Crippen LogP contribution in [0.25, 0.3) is 0 Å². The maximum atomic E-state index is 11.8. The molecular formula is C11H23ClN2O2. The third kappa shape index (κ3) is 3.52. The summed E-state index contributed by atoms with van der Waals surface area (Å²) in [5.41, 5.74) is 5.03. The fourth-order valence-electron chi connectivity index (χ4n) is 1.80. The lowest BCUT2D eigenvalue weighted by Crippen LogP contribution is -2.61. The van der Waals surface area contributed by atoms with E-state index in [9.17, 15) is 4.79 Å². The van der Waals surface area contributed by atoms with Crippen LogP contribution in [0.4, 0.5) is 4.79 Å². The second-order valence-electron chi connectivity index (χ2n) is 5.42. The van der Waals surface area contributed by atoms with E-state index in [-0.39, 0.29) is 24.0 Å². The topological polar surface area (TPSA) is 55.6 Å². The quantitative estimate of drug-likeness (QED) is 0.817. The number of amides is 1. The molecule has 0 aromatic carbocycles. The molecule has 1 atom stereocenters. The first-order valence-corrected chi connectivity index (χ1v) is 5.49. The first-order valence-electron chi connectivity index (χ1n) is 5.49. The van der Waals surface area contributed by atoms with Gasteiger partial charge in [-0.3, -0.25) is 0 Å². The van der Waals surface area contributed by atoms with Crippen molar-refractivity contribution in [3.05, 3.63) is 0 Å². The molecule has 0 radical (unpaired) electrons. The van der Waals surface area contributed by atoms with Crippen LogP contribution in [0.2, 0.25) is 0 Å². The second kappa shape index (κ2) is 5.23. The zero-order valence-electron chi connectivity index (χ0n) is 10.6. The molecule has 4 nitrogen and oxygen atoms in total. The van der Waals surface area contributed by atoms with Crippen molar-refractivity contribution in [2.45, 2.75) is 51.7 Å². The van der Waals surface area contributed by atoms with Gasteiger partial charge in [0.15, 0.2) is 0 Å². The average molecular weight is 251 g/mol. The minimum absolute atomic E-state index is 0. The maximum absolute atomic E-state index is 11.8. The normalized spacial score (nSPS) is 24.4. The van der Waals surface area contributed by atoms with Gasteiger partial charge in [-0.2, -0.15) is 0 Å². The summed E-state index contributed by atoms with van der Waals surface area (Å²) >= 11 is 0. The summed E-state index contributed by atoms with van der Waals surface area (Å²) < 4.78 is 5.33. The largest absolute Gasteiger partial charge is 0.444 e. The van der Waals surface area contributed by atoms with Gasteiger partial charge in [-0.25, -0.2) is 4.79 Å². The summed E-state index contributed by atoms with van der Waals surface area (Å²) in [6, 6.07) is 0. The Morgan fingerprint density at radius 3 is 2.38 bits per heavy atom. The summed E-state index contributed by atoms with van der Waals surface area (Å²) in [6.45, 7) is 9.09. The fourth-order valence-corrected chi connectivity index (χ4v) is 1.80. The smallest absolute Gasteiger partial charge is 0.410 e. The van der Waals surface area contributed by atoms with E-state index in [1.165, 1.54) is 0 Å². The second-order valence-corrected chi connectivity index (χ2v) is 5.42. The van der Waals surface area contributed by atoms with Crippen LogP contribution >= 0.6 is 12.4 Å². The highest BCUT2D eigenvalue weighted by Crippen LogP contribution is 2.34. The Morgan fingerprint density at radius 1 is 1.50 bits per heavy atom. The van der Waals surface area contributed by atoms with E-state index in [1.54, 1.807) is 4.90 Å². The van der Waals surface area contributed by atoms with Crippen LogP contribution in [0.1, 0.15) is 40.5 Å². The standard InChI is InChI=1S/C11H22N2O2.ClH/c1-10(2,3)15-9(14)13-8-6-11(13,4)5-7-12;/h5-8,12H2,1-4H3;1H. The zero-order chi connectivity index (χ0) is 11.7. The Bertz CT molecular complexity index is 253. The first-order chi connectivity index (χ1) is 6.78. The Labute approximate surface area is 104 Å². The number of carbonyl (C=O) groups excluding carboxylic acids is 1. The molecule has 96 valence electrons. The number of nitrogens with two attached hydrogens (primary N) is 1. The molecule has 1 aliphatic rings. The molecular weight excluding hydrogens is 228 g/mol. The number of carbonyl (C=O) groups is 1. The van der Waals surface area contributed by atoms with Crippen molar-refractivity contribution in [2.24, 2.45) is 5.73 Å². The van der Waals surface area contributed by atoms with E-state index in [1.807, 2.05) is 20.8 Å². The van der Waals surface area contributed by atoms with Crippen molar-refractivity contribution in [1.29, 1.82) is 0 Å². The number of rotatable bonds is 2. The Balaban J connectivity index is 0.00000225. The molecule has 1 aliphatic heterocycles. The van der Waals surface area contributed by atoms with Crippen LogP contribution in [-0.4, -0.2) is 35.2 Å². The van der Waals surface area contributed by atoms with Gasteiger partial charge in [0.05, 0.1) is 0 Å². The zero-order valence-corrected chi connectivity index (χ0v) is 11.4. The number of hydrogen-bond acceptors (Lipinski definition) is 3. The van der Waals surface area contributed by atoms with E-state index >= 15 is 0 Å².